The number of unbranched alkanes of at least 4 members (excludes halogenated alkanes) is 3. The zero-order valence-corrected chi connectivity index (χ0v) is 14.3. The van der Waals surface area contributed by atoms with Crippen molar-refractivity contribution in [2.45, 2.75) is 52.1 Å². The van der Waals surface area contributed by atoms with Gasteiger partial charge in [0.05, 0.1) is 26.4 Å². The van der Waals surface area contributed by atoms with Gasteiger partial charge in [-0.1, -0.05) is 12.8 Å². The van der Waals surface area contributed by atoms with E-state index in [0.717, 1.165) is 32.3 Å². The molecule has 0 unspecified atom stereocenters. The van der Waals surface area contributed by atoms with E-state index in [2.05, 4.69) is 0 Å². The van der Waals surface area contributed by atoms with Gasteiger partial charge in [0.25, 0.3) is 0 Å². The second-order valence-electron chi connectivity index (χ2n) is 6.00. The maximum Gasteiger partial charge on any atom is 0.332 e. The van der Waals surface area contributed by atoms with E-state index in [1.165, 1.54) is 0 Å². The molecule has 132 valence electrons. The van der Waals surface area contributed by atoms with Crippen LogP contribution < -0.4 is 0 Å². The summed E-state index contributed by atoms with van der Waals surface area (Å²) >= 11 is 0. The Balaban J connectivity index is 3.16. The number of aliphatic hydroxyl groups is 1. The molecule has 0 aliphatic heterocycles. The van der Waals surface area contributed by atoms with Gasteiger partial charge in [0.15, 0.2) is 0 Å². The first-order valence-corrected chi connectivity index (χ1v) is 8.01. The molecule has 0 aromatic rings. The van der Waals surface area contributed by atoms with Crippen molar-refractivity contribution in [1.82, 2.24) is 0 Å². The molecular formula is C16H32O6. The molecule has 0 rings (SSSR count). The standard InChI is InChI=1S/C16H32O6/c1-16(2,3)22-15(18)14-21-13-12-20-11-10-19-9-7-5-4-6-8-17/h17H,4-14H2,1-3H3. The van der Waals surface area contributed by atoms with Gasteiger partial charge in [-0.15, -0.1) is 0 Å². The van der Waals surface area contributed by atoms with Crippen LogP contribution in [0, 0.1) is 0 Å². The molecular weight excluding hydrogens is 288 g/mol. The molecule has 0 amide bonds. The number of carbonyl (C=O) groups is 1. The normalized spacial score (nSPS) is 11.6. The average molecular weight is 320 g/mol. The summed E-state index contributed by atoms with van der Waals surface area (Å²) in [6.07, 6.45) is 4.01. The number of hydrogen-bond donors (Lipinski definition) is 1. The Bertz CT molecular complexity index is 262. The van der Waals surface area contributed by atoms with Crippen molar-refractivity contribution in [1.29, 1.82) is 0 Å². The summed E-state index contributed by atoms with van der Waals surface area (Å²) in [5, 5.41) is 8.62. The number of carbonyl (C=O) groups excluding carboxylic acids is 1. The highest BCUT2D eigenvalue weighted by atomic mass is 16.6. The molecule has 0 aromatic carbocycles. The molecule has 6 heteroatoms. The van der Waals surface area contributed by atoms with E-state index < -0.39 is 5.60 Å². The molecule has 0 saturated carbocycles. The topological polar surface area (TPSA) is 74.2 Å². The second-order valence-corrected chi connectivity index (χ2v) is 6.00. The minimum Gasteiger partial charge on any atom is -0.458 e. The van der Waals surface area contributed by atoms with Crippen LogP contribution in [-0.2, 0) is 23.7 Å². The maximum absolute atomic E-state index is 11.3. The highest BCUT2D eigenvalue weighted by molar-refractivity contribution is 5.71. The number of esters is 1. The van der Waals surface area contributed by atoms with E-state index in [1.54, 1.807) is 0 Å². The molecule has 0 atom stereocenters. The largest absolute Gasteiger partial charge is 0.458 e. The third-order valence-corrected chi connectivity index (χ3v) is 2.58. The number of rotatable bonds is 14. The van der Waals surface area contributed by atoms with Crippen LogP contribution in [0.4, 0.5) is 0 Å². The maximum atomic E-state index is 11.3. The lowest BCUT2D eigenvalue weighted by Crippen LogP contribution is -2.27. The summed E-state index contributed by atoms with van der Waals surface area (Å²) in [5.74, 6) is -0.364. The first-order valence-electron chi connectivity index (χ1n) is 8.01. The Morgan fingerprint density at radius 2 is 1.36 bits per heavy atom. The van der Waals surface area contributed by atoms with Crippen LogP contribution in [0.15, 0.2) is 0 Å². The lowest BCUT2D eigenvalue weighted by atomic mass is 10.2. The summed E-state index contributed by atoms with van der Waals surface area (Å²) in [7, 11) is 0. The van der Waals surface area contributed by atoms with Gasteiger partial charge in [0.2, 0.25) is 0 Å². The third-order valence-electron chi connectivity index (χ3n) is 2.58. The Morgan fingerprint density at radius 1 is 0.818 bits per heavy atom. The zero-order chi connectivity index (χ0) is 16.7. The first kappa shape index (κ1) is 21.3. The molecule has 22 heavy (non-hydrogen) atoms. The van der Waals surface area contributed by atoms with Crippen LogP contribution in [-0.4, -0.2) is 62.9 Å². The van der Waals surface area contributed by atoms with Gasteiger partial charge in [0, 0.05) is 13.2 Å². The zero-order valence-electron chi connectivity index (χ0n) is 14.3. The molecule has 0 fully saturated rings. The third kappa shape index (κ3) is 17.4. The van der Waals surface area contributed by atoms with Crippen molar-refractivity contribution in [2.24, 2.45) is 0 Å². The SMILES string of the molecule is CC(C)(C)OC(=O)COCCOCCOCCCCCCO. The van der Waals surface area contributed by atoms with Gasteiger partial charge in [0.1, 0.15) is 12.2 Å². The summed E-state index contributed by atoms with van der Waals surface area (Å²) in [6.45, 7) is 8.28. The summed E-state index contributed by atoms with van der Waals surface area (Å²) in [5.41, 5.74) is -0.480. The molecule has 0 aromatic heterocycles. The van der Waals surface area contributed by atoms with Gasteiger partial charge >= 0.3 is 5.97 Å². The van der Waals surface area contributed by atoms with Crippen LogP contribution in [0.5, 0.6) is 0 Å². The minimum atomic E-state index is -0.480. The fourth-order valence-electron chi connectivity index (χ4n) is 1.64. The van der Waals surface area contributed by atoms with E-state index in [1.807, 2.05) is 20.8 Å². The van der Waals surface area contributed by atoms with Gasteiger partial charge < -0.3 is 24.1 Å². The molecule has 0 aliphatic rings. The Morgan fingerprint density at radius 3 is 1.95 bits per heavy atom. The average Bonchev–Trinajstić information content (AvgIpc) is 2.42. The smallest absolute Gasteiger partial charge is 0.332 e. The van der Waals surface area contributed by atoms with E-state index in [-0.39, 0.29) is 19.2 Å². The number of hydrogen-bond acceptors (Lipinski definition) is 6. The van der Waals surface area contributed by atoms with Crippen molar-refractivity contribution in [2.75, 3.05) is 46.2 Å². The summed E-state index contributed by atoms with van der Waals surface area (Å²) in [6, 6.07) is 0. The van der Waals surface area contributed by atoms with Gasteiger partial charge in [-0.25, -0.2) is 4.79 Å². The Kier molecular flexibility index (Phi) is 13.5. The van der Waals surface area contributed by atoms with E-state index >= 15 is 0 Å². The van der Waals surface area contributed by atoms with Crippen LogP contribution in [0.3, 0.4) is 0 Å². The van der Waals surface area contributed by atoms with Crippen LogP contribution >= 0.6 is 0 Å². The fourth-order valence-corrected chi connectivity index (χ4v) is 1.64. The molecule has 0 radical (unpaired) electrons. The first-order chi connectivity index (χ1) is 10.5. The van der Waals surface area contributed by atoms with Crippen molar-refractivity contribution in [3.05, 3.63) is 0 Å². The van der Waals surface area contributed by atoms with Crippen LogP contribution in [0.25, 0.3) is 0 Å². The van der Waals surface area contributed by atoms with Crippen molar-refractivity contribution < 1.29 is 28.8 Å². The lowest BCUT2D eigenvalue weighted by molar-refractivity contribution is -0.160. The quantitative estimate of drug-likeness (QED) is 0.389. The molecule has 0 heterocycles. The number of ether oxygens (including phenoxy) is 4. The molecule has 0 saturated heterocycles. The molecule has 6 nitrogen and oxygen atoms in total. The van der Waals surface area contributed by atoms with Crippen molar-refractivity contribution in [3.8, 4) is 0 Å². The molecule has 0 bridgehead atoms. The Labute approximate surface area is 134 Å². The fraction of sp³-hybridized carbons (Fsp3) is 0.938. The van der Waals surface area contributed by atoms with Crippen molar-refractivity contribution >= 4 is 5.97 Å². The van der Waals surface area contributed by atoms with Crippen molar-refractivity contribution in [3.63, 3.8) is 0 Å². The predicted octanol–water partition coefficient (Wildman–Crippen LogP) is 1.93. The minimum absolute atomic E-state index is 0.0506. The second kappa shape index (κ2) is 13.9. The van der Waals surface area contributed by atoms with Gasteiger partial charge in [-0.2, -0.15) is 0 Å². The number of aliphatic hydroxyl groups excluding tert-OH is 1. The summed E-state index contributed by atoms with van der Waals surface area (Å²) in [4.78, 5) is 11.3. The highest BCUT2D eigenvalue weighted by Gasteiger charge is 2.15. The monoisotopic (exact) mass is 320 g/mol. The van der Waals surface area contributed by atoms with E-state index in [0.29, 0.717) is 26.4 Å². The van der Waals surface area contributed by atoms with E-state index in [9.17, 15) is 4.79 Å². The molecule has 0 aliphatic carbocycles. The van der Waals surface area contributed by atoms with Gasteiger partial charge in [-0.05, 0) is 33.6 Å². The Hall–Kier alpha value is -0.690. The van der Waals surface area contributed by atoms with E-state index in [4.69, 9.17) is 24.1 Å². The van der Waals surface area contributed by atoms with Crippen LogP contribution in [0.2, 0.25) is 0 Å². The van der Waals surface area contributed by atoms with Gasteiger partial charge in [-0.3, -0.25) is 0 Å². The lowest BCUT2D eigenvalue weighted by Gasteiger charge is -2.19. The summed E-state index contributed by atoms with van der Waals surface area (Å²) < 4.78 is 21.0. The van der Waals surface area contributed by atoms with Crippen LogP contribution in [0.1, 0.15) is 46.5 Å². The highest BCUT2D eigenvalue weighted by Crippen LogP contribution is 2.06. The molecule has 1 N–H and O–H groups in total. The predicted molar refractivity (Wildman–Crippen MR) is 83.9 cm³/mol. The molecule has 0 spiro atoms.